The van der Waals surface area contributed by atoms with Crippen LogP contribution >= 0.6 is 0 Å². The third-order valence-corrected chi connectivity index (χ3v) is 7.97. The molecule has 252 valence electrons. The Morgan fingerprint density at radius 3 is 1.26 bits per heavy atom. The van der Waals surface area contributed by atoms with Crippen molar-refractivity contribution in [2.45, 2.75) is 140 Å². The van der Waals surface area contributed by atoms with Crippen LogP contribution in [0.1, 0.15) is 66.2 Å². The van der Waals surface area contributed by atoms with Crippen LogP contribution in [0.4, 0.5) is 0 Å². The van der Waals surface area contributed by atoms with E-state index in [9.17, 15) is 50.4 Å². The van der Waals surface area contributed by atoms with E-state index in [1.165, 1.54) is 0 Å². The van der Waals surface area contributed by atoms with E-state index < -0.39 is 111 Å². The first kappa shape index (κ1) is 37.7. The maximum Gasteiger partial charge on any atom is 0.311 e. The van der Waals surface area contributed by atoms with Gasteiger partial charge in [0.25, 0.3) is 0 Å². The molecule has 14 atom stereocenters. The van der Waals surface area contributed by atoms with E-state index in [2.05, 4.69) is 0 Å². The number of carbonyl (C=O) groups excluding carboxylic acids is 2. The minimum Gasteiger partial charge on any atom is -0.463 e. The van der Waals surface area contributed by atoms with E-state index in [1.54, 1.807) is 13.8 Å². The molecular weight excluding hydrogens is 576 g/mol. The molecule has 0 aromatic rings. The topological polar surface area (TPSA) is 242 Å². The molecule has 8 N–H and O–H groups in total. The Morgan fingerprint density at radius 2 is 0.953 bits per heavy atom. The zero-order chi connectivity index (χ0) is 32.4. The van der Waals surface area contributed by atoms with Crippen molar-refractivity contribution in [2.24, 2.45) is 11.8 Å². The maximum atomic E-state index is 12.6. The summed E-state index contributed by atoms with van der Waals surface area (Å²) >= 11 is 0. The Labute approximate surface area is 251 Å². The van der Waals surface area contributed by atoms with Crippen LogP contribution in [0, 0.1) is 11.8 Å². The molecular formula is C28H50O15. The zero-order valence-corrected chi connectivity index (χ0v) is 25.2. The first-order valence-electron chi connectivity index (χ1n) is 15.1. The fraction of sp³-hybridized carbons (Fsp3) is 0.929. The van der Waals surface area contributed by atoms with E-state index in [0.717, 1.165) is 0 Å². The van der Waals surface area contributed by atoms with Gasteiger partial charge in [-0.3, -0.25) is 9.59 Å². The van der Waals surface area contributed by atoms with Gasteiger partial charge in [-0.15, -0.1) is 0 Å². The Morgan fingerprint density at radius 1 is 0.605 bits per heavy atom. The third kappa shape index (κ3) is 9.74. The molecule has 2 fully saturated rings. The predicted molar refractivity (Wildman–Crippen MR) is 146 cm³/mol. The molecule has 2 rings (SSSR count). The standard InChI is InChI=1S/C28H50O15/c1-5-9-15(29)13(7-3)25(37)39-11-17-19(31)21(33)23(35)27(41-17)43-28-24(36)22(34)20(32)18(42-28)12-40-26(38)14(8-4)16(30)10-6-2/h13-24,27-36H,5-12H2,1-4H3/t13?,14?,15?,16?,17?,18?,19-,20-,21-,22-,23?,24?,27-,28-/m0/s1. The fourth-order valence-corrected chi connectivity index (χ4v) is 5.19. The largest absolute Gasteiger partial charge is 0.463 e. The molecule has 15 heteroatoms. The second kappa shape index (κ2) is 17.8. The second-order valence-corrected chi connectivity index (χ2v) is 11.2. The van der Waals surface area contributed by atoms with E-state index in [1.807, 2.05) is 13.8 Å². The normalized spacial score (nSPS) is 35.9. The lowest BCUT2D eigenvalue weighted by molar-refractivity contribution is -0.376. The van der Waals surface area contributed by atoms with Crippen LogP contribution in [0.3, 0.4) is 0 Å². The van der Waals surface area contributed by atoms with E-state index in [4.69, 9.17) is 23.7 Å². The first-order valence-corrected chi connectivity index (χ1v) is 15.1. The van der Waals surface area contributed by atoms with Crippen molar-refractivity contribution in [3.05, 3.63) is 0 Å². The zero-order valence-electron chi connectivity index (χ0n) is 25.2. The molecule has 0 aliphatic carbocycles. The second-order valence-electron chi connectivity index (χ2n) is 11.2. The molecule has 0 saturated carbocycles. The molecule has 2 aliphatic heterocycles. The third-order valence-electron chi connectivity index (χ3n) is 7.97. The molecule has 2 aliphatic rings. The van der Waals surface area contributed by atoms with E-state index in [-0.39, 0.29) is 0 Å². The highest BCUT2D eigenvalue weighted by atomic mass is 16.8. The van der Waals surface area contributed by atoms with Gasteiger partial charge in [-0.2, -0.15) is 0 Å². The summed E-state index contributed by atoms with van der Waals surface area (Å²) in [5.41, 5.74) is 0. The van der Waals surface area contributed by atoms with Crippen molar-refractivity contribution in [3.8, 4) is 0 Å². The van der Waals surface area contributed by atoms with Crippen LogP contribution in [0.2, 0.25) is 0 Å². The lowest BCUT2D eigenvalue weighted by Crippen LogP contribution is -2.64. The average Bonchev–Trinajstić information content (AvgIpc) is 2.97. The number of aliphatic hydroxyl groups is 8. The van der Waals surface area contributed by atoms with Crippen LogP contribution in [0.5, 0.6) is 0 Å². The predicted octanol–water partition coefficient (Wildman–Crippen LogP) is -1.92. The Kier molecular flexibility index (Phi) is 15.6. The average molecular weight is 627 g/mol. The molecule has 8 unspecified atom stereocenters. The van der Waals surface area contributed by atoms with Gasteiger partial charge in [0.15, 0.2) is 12.6 Å². The quantitative estimate of drug-likeness (QED) is 0.0871. The summed E-state index contributed by atoms with van der Waals surface area (Å²) in [7, 11) is 0. The molecule has 2 saturated heterocycles. The Balaban J connectivity index is 2.07. The highest BCUT2D eigenvalue weighted by Gasteiger charge is 2.50. The number of aliphatic hydroxyl groups excluding tert-OH is 8. The van der Waals surface area contributed by atoms with Crippen LogP contribution in [-0.4, -0.2) is 140 Å². The summed E-state index contributed by atoms with van der Waals surface area (Å²) in [5, 5.41) is 83.0. The number of esters is 2. The van der Waals surface area contributed by atoms with Gasteiger partial charge in [-0.25, -0.2) is 0 Å². The highest BCUT2D eigenvalue weighted by molar-refractivity contribution is 5.73. The first-order chi connectivity index (χ1) is 20.3. The molecule has 0 aromatic heterocycles. The summed E-state index contributed by atoms with van der Waals surface area (Å²) < 4.78 is 27.0. The summed E-state index contributed by atoms with van der Waals surface area (Å²) in [6.07, 6.45) is -16.5. The van der Waals surface area contributed by atoms with Crippen molar-refractivity contribution in [1.29, 1.82) is 0 Å². The molecule has 43 heavy (non-hydrogen) atoms. The van der Waals surface area contributed by atoms with Crippen molar-refractivity contribution >= 4 is 11.9 Å². The van der Waals surface area contributed by atoms with Gasteiger partial charge < -0.3 is 64.5 Å². The maximum absolute atomic E-state index is 12.6. The minimum atomic E-state index is -1.88. The van der Waals surface area contributed by atoms with Gasteiger partial charge in [0.2, 0.25) is 0 Å². The number of rotatable bonds is 16. The molecule has 0 radical (unpaired) electrons. The lowest BCUT2D eigenvalue weighted by atomic mass is 9.96. The number of hydrogen-bond acceptors (Lipinski definition) is 15. The SMILES string of the molecule is CCCC(O)C(CC)C(=O)OCC1O[C@@H](O[C@@H]2OC(COC(=O)C(CC)C(O)CCC)[C@H](O)[C@H](O)C2O)C(O)[C@@H](O)[C@H]1O. The molecule has 0 bridgehead atoms. The fourth-order valence-electron chi connectivity index (χ4n) is 5.19. The van der Waals surface area contributed by atoms with Crippen molar-refractivity contribution in [1.82, 2.24) is 0 Å². The van der Waals surface area contributed by atoms with E-state index >= 15 is 0 Å². The number of ether oxygens (including phenoxy) is 5. The Bertz CT molecular complexity index is 779. The van der Waals surface area contributed by atoms with Gasteiger partial charge in [-0.1, -0.05) is 40.5 Å². The summed E-state index contributed by atoms with van der Waals surface area (Å²) in [5.74, 6) is -3.14. The summed E-state index contributed by atoms with van der Waals surface area (Å²) in [6, 6.07) is 0. The molecule has 15 nitrogen and oxygen atoms in total. The van der Waals surface area contributed by atoms with Crippen LogP contribution in [0.25, 0.3) is 0 Å². The van der Waals surface area contributed by atoms with Gasteiger partial charge in [-0.05, 0) is 25.7 Å². The summed E-state index contributed by atoms with van der Waals surface area (Å²) in [4.78, 5) is 25.1. The summed E-state index contributed by atoms with van der Waals surface area (Å²) in [6.45, 7) is 5.96. The van der Waals surface area contributed by atoms with Crippen LogP contribution < -0.4 is 0 Å². The van der Waals surface area contributed by atoms with Gasteiger partial charge in [0.05, 0.1) is 24.0 Å². The number of hydrogen-bond donors (Lipinski definition) is 8. The lowest BCUT2D eigenvalue weighted by Gasteiger charge is -2.44. The van der Waals surface area contributed by atoms with Crippen LogP contribution in [0.15, 0.2) is 0 Å². The van der Waals surface area contributed by atoms with Crippen LogP contribution in [-0.2, 0) is 33.3 Å². The smallest absolute Gasteiger partial charge is 0.311 e. The molecule has 0 spiro atoms. The molecule has 0 amide bonds. The minimum absolute atomic E-state index is 0.293. The molecule has 0 aromatic carbocycles. The number of carbonyl (C=O) groups is 2. The molecule has 2 heterocycles. The monoisotopic (exact) mass is 626 g/mol. The van der Waals surface area contributed by atoms with Crippen molar-refractivity contribution in [3.63, 3.8) is 0 Å². The van der Waals surface area contributed by atoms with Gasteiger partial charge >= 0.3 is 11.9 Å². The highest BCUT2D eigenvalue weighted by Crippen LogP contribution is 2.29. The van der Waals surface area contributed by atoms with E-state index in [0.29, 0.717) is 38.5 Å². The van der Waals surface area contributed by atoms with Gasteiger partial charge in [0, 0.05) is 0 Å². The van der Waals surface area contributed by atoms with Crippen molar-refractivity contribution in [2.75, 3.05) is 13.2 Å². The van der Waals surface area contributed by atoms with Crippen molar-refractivity contribution < 1.29 is 74.1 Å². The van der Waals surface area contributed by atoms with Gasteiger partial charge in [0.1, 0.15) is 62.0 Å². The Hall–Kier alpha value is -1.50.